The van der Waals surface area contributed by atoms with Gasteiger partial charge in [-0.25, -0.2) is 0 Å². The van der Waals surface area contributed by atoms with Crippen LogP contribution in [0.15, 0.2) is 59.9 Å². The fourth-order valence-corrected chi connectivity index (χ4v) is 7.51. The smallest absolute Gasteiger partial charge is 0.224 e. The fraction of sp³-hybridized carbons (Fsp3) is 0.484. The average molecular weight is 539 g/mol. The number of carbonyl (C=O) groups excluding carboxylic acids is 2. The summed E-state index contributed by atoms with van der Waals surface area (Å²) in [5, 5.41) is 1.25. The van der Waals surface area contributed by atoms with Crippen LogP contribution in [-0.4, -0.2) is 17.4 Å². The predicted octanol–water partition coefficient (Wildman–Crippen LogP) is 7.79. The van der Waals surface area contributed by atoms with Gasteiger partial charge in [-0.2, -0.15) is 0 Å². The van der Waals surface area contributed by atoms with E-state index in [-0.39, 0.29) is 22.4 Å². The van der Waals surface area contributed by atoms with E-state index in [1.54, 1.807) is 0 Å². The second kappa shape index (κ2) is 7.94. The van der Waals surface area contributed by atoms with Gasteiger partial charge in [0.2, 0.25) is 5.79 Å². The van der Waals surface area contributed by atoms with Gasteiger partial charge >= 0.3 is 0 Å². The number of ether oxygens (including phenoxy) is 2. The molecule has 0 amide bonds. The van der Waals surface area contributed by atoms with Crippen LogP contribution in [0.4, 0.5) is 0 Å². The largest absolute Gasteiger partial charge is 0.465 e. The van der Waals surface area contributed by atoms with E-state index in [0.717, 1.165) is 11.1 Å². The molecule has 0 unspecified atom stereocenters. The molecule has 2 aliphatic heterocycles. The Hall–Kier alpha value is -2.14. The van der Waals surface area contributed by atoms with Gasteiger partial charge in [0.05, 0.1) is 0 Å². The third kappa shape index (κ3) is 3.74. The molecule has 0 bridgehead atoms. The number of allylic oxidation sites excluding steroid dienone is 2. The maximum atomic E-state index is 14.3. The van der Waals surface area contributed by atoms with Gasteiger partial charge in [0.25, 0.3) is 0 Å². The maximum absolute atomic E-state index is 14.3. The first-order valence-electron chi connectivity index (χ1n) is 13.0. The normalized spacial score (nSPS) is 31.3. The lowest BCUT2D eigenvalue weighted by atomic mass is 9.54. The number of hydrogen-bond donors (Lipinski definition) is 0. The zero-order chi connectivity index (χ0) is 26.4. The van der Waals surface area contributed by atoms with Crippen molar-refractivity contribution in [2.24, 2.45) is 16.2 Å². The molecule has 2 heterocycles. The van der Waals surface area contributed by atoms with Crippen molar-refractivity contribution >= 4 is 34.8 Å². The van der Waals surface area contributed by atoms with E-state index in [9.17, 15) is 9.59 Å². The zero-order valence-electron chi connectivity index (χ0n) is 21.8. The van der Waals surface area contributed by atoms with Crippen LogP contribution in [-0.2, 0) is 24.7 Å². The van der Waals surface area contributed by atoms with Crippen LogP contribution >= 0.6 is 23.2 Å². The van der Waals surface area contributed by atoms with Crippen molar-refractivity contribution in [3.63, 3.8) is 0 Å². The molecule has 1 saturated carbocycles. The average Bonchev–Trinajstić information content (AvgIpc) is 3.09. The van der Waals surface area contributed by atoms with Crippen LogP contribution in [0.3, 0.4) is 0 Å². The Morgan fingerprint density at radius 2 is 1.27 bits per heavy atom. The Bertz CT molecular complexity index is 1290. The van der Waals surface area contributed by atoms with Gasteiger partial charge < -0.3 is 9.47 Å². The molecule has 0 N–H and O–H groups in total. The minimum Gasteiger partial charge on any atom is -0.465 e. The fourth-order valence-electron chi connectivity index (χ4n) is 7.26. The second-order valence-electron chi connectivity index (χ2n) is 13.0. The standard InChI is InChI=1S/C31H32Cl2O4/c1-27(2)14-24(34)23-13-29-18-30(19-5-9-21(32)10-6-19,20-7-11-22(33)12-8-20)37-31(29,36-25(23)15-27)17-28(3,4)16-26(29)35/h5-12H,13-18H2,1-4H3/t29-,31+/m1/s1. The number of rotatable bonds is 2. The number of hydrogen-bond acceptors (Lipinski definition) is 4. The Balaban J connectivity index is 1.59. The molecule has 0 radical (unpaired) electrons. The monoisotopic (exact) mass is 538 g/mol. The summed E-state index contributed by atoms with van der Waals surface area (Å²) in [5.41, 5.74) is -0.00195. The lowest BCUT2D eigenvalue weighted by Crippen LogP contribution is -2.61. The molecule has 6 rings (SSSR count). The van der Waals surface area contributed by atoms with E-state index < -0.39 is 16.8 Å². The van der Waals surface area contributed by atoms with E-state index in [4.69, 9.17) is 32.7 Å². The molecule has 6 heteroatoms. The summed E-state index contributed by atoms with van der Waals surface area (Å²) in [7, 11) is 0. The van der Waals surface area contributed by atoms with Gasteiger partial charge in [0, 0.05) is 47.7 Å². The number of halogens is 2. The summed E-state index contributed by atoms with van der Waals surface area (Å²) in [5.74, 6) is -0.289. The minimum atomic E-state index is -1.18. The molecule has 0 spiro atoms. The summed E-state index contributed by atoms with van der Waals surface area (Å²) in [6.07, 6.45) is 2.82. The molecule has 1 saturated heterocycles. The van der Waals surface area contributed by atoms with Gasteiger partial charge in [0.15, 0.2) is 5.78 Å². The van der Waals surface area contributed by atoms with Gasteiger partial charge in [-0.3, -0.25) is 9.59 Å². The molecular formula is C31H32Cl2O4. The van der Waals surface area contributed by atoms with E-state index in [1.807, 2.05) is 48.5 Å². The van der Waals surface area contributed by atoms with Gasteiger partial charge in [-0.15, -0.1) is 0 Å². The topological polar surface area (TPSA) is 52.6 Å². The molecule has 4 nitrogen and oxygen atoms in total. The molecule has 37 heavy (non-hydrogen) atoms. The number of Topliss-reactive ketones (excluding diaryl/α,β-unsaturated/α-hetero) is 2. The molecule has 0 aromatic heterocycles. The Morgan fingerprint density at radius 1 is 0.703 bits per heavy atom. The number of ketones is 2. The van der Waals surface area contributed by atoms with Crippen molar-refractivity contribution in [2.75, 3.05) is 0 Å². The molecule has 2 aromatic rings. The SMILES string of the molecule is CC1(C)CC(=O)C2=C(C1)O[C@]13CC(C)(C)CC(=O)[C@@]1(C2)CC(c1ccc(Cl)cc1)(c1ccc(Cl)cc1)O3. The molecule has 4 aliphatic rings. The summed E-state index contributed by atoms with van der Waals surface area (Å²) in [6.45, 7) is 8.38. The first-order valence-corrected chi connectivity index (χ1v) is 13.7. The molecule has 2 atom stereocenters. The maximum Gasteiger partial charge on any atom is 0.224 e. The molecule has 2 fully saturated rings. The van der Waals surface area contributed by atoms with Crippen molar-refractivity contribution < 1.29 is 19.1 Å². The second-order valence-corrected chi connectivity index (χ2v) is 13.9. The Kier molecular flexibility index (Phi) is 5.40. The van der Waals surface area contributed by atoms with Gasteiger partial charge in [-0.05, 0) is 52.6 Å². The summed E-state index contributed by atoms with van der Waals surface area (Å²) < 4.78 is 14.2. The molecular weight excluding hydrogens is 507 g/mol. The molecule has 2 aromatic carbocycles. The Morgan fingerprint density at radius 3 is 1.84 bits per heavy atom. The zero-order valence-corrected chi connectivity index (χ0v) is 23.3. The van der Waals surface area contributed by atoms with Crippen molar-refractivity contribution in [3.05, 3.63) is 81.0 Å². The van der Waals surface area contributed by atoms with Crippen LogP contribution in [0, 0.1) is 16.2 Å². The van der Waals surface area contributed by atoms with Crippen LogP contribution in [0.2, 0.25) is 10.0 Å². The lowest BCUT2D eigenvalue weighted by molar-refractivity contribution is -0.291. The van der Waals surface area contributed by atoms with Crippen molar-refractivity contribution in [2.45, 2.75) is 77.6 Å². The highest BCUT2D eigenvalue weighted by molar-refractivity contribution is 6.30. The summed E-state index contributed by atoms with van der Waals surface area (Å²) >= 11 is 12.6. The molecule has 2 aliphatic carbocycles. The summed E-state index contributed by atoms with van der Waals surface area (Å²) in [4.78, 5) is 27.7. The predicted molar refractivity (Wildman–Crippen MR) is 143 cm³/mol. The lowest BCUT2D eigenvalue weighted by Gasteiger charge is -2.55. The van der Waals surface area contributed by atoms with Crippen LogP contribution in [0.5, 0.6) is 0 Å². The van der Waals surface area contributed by atoms with E-state index >= 15 is 0 Å². The first kappa shape index (κ1) is 25.2. The number of benzene rings is 2. The van der Waals surface area contributed by atoms with E-state index in [2.05, 4.69) is 27.7 Å². The van der Waals surface area contributed by atoms with Crippen LogP contribution in [0.1, 0.15) is 77.3 Å². The van der Waals surface area contributed by atoms with Crippen LogP contribution < -0.4 is 0 Å². The van der Waals surface area contributed by atoms with Crippen LogP contribution in [0.25, 0.3) is 0 Å². The highest BCUT2D eigenvalue weighted by Crippen LogP contribution is 2.70. The number of carbonyl (C=O) groups is 2. The molecule has 194 valence electrons. The highest BCUT2D eigenvalue weighted by Gasteiger charge is 2.75. The van der Waals surface area contributed by atoms with Gasteiger partial charge in [0.1, 0.15) is 22.6 Å². The van der Waals surface area contributed by atoms with Crippen molar-refractivity contribution in [1.29, 1.82) is 0 Å². The van der Waals surface area contributed by atoms with E-state index in [1.165, 1.54) is 0 Å². The Labute approximate surface area is 228 Å². The summed E-state index contributed by atoms with van der Waals surface area (Å²) in [6, 6.07) is 15.2. The quantitative estimate of drug-likeness (QED) is 0.391. The highest BCUT2D eigenvalue weighted by atomic mass is 35.5. The van der Waals surface area contributed by atoms with Crippen molar-refractivity contribution in [3.8, 4) is 0 Å². The third-order valence-corrected chi connectivity index (χ3v) is 9.35. The minimum absolute atomic E-state index is 0.0855. The first-order chi connectivity index (χ1) is 17.3. The third-order valence-electron chi connectivity index (χ3n) is 8.84. The van der Waals surface area contributed by atoms with Gasteiger partial charge in [-0.1, -0.05) is 75.2 Å². The van der Waals surface area contributed by atoms with Crippen molar-refractivity contribution in [1.82, 2.24) is 0 Å². The van der Waals surface area contributed by atoms with E-state index in [0.29, 0.717) is 59.9 Å².